The molecule has 0 bridgehead atoms. The molecule has 1 N–H and O–H groups in total. The lowest BCUT2D eigenvalue weighted by Crippen LogP contribution is -2.37. The maximum Gasteiger partial charge on any atom is 0.331 e. The van der Waals surface area contributed by atoms with Gasteiger partial charge in [0, 0.05) is 7.05 Å². The highest BCUT2D eigenvalue weighted by atomic mass is 16.4. The average Bonchev–Trinajstić information content (AvgIpc) is 2.84. The Balaban J connectivity index is 2.57. The van der Waals surface area contributed by atoms with Crippen molar-refractivity contribution in [1.29, 1.82) is 0 Å². The van der Waals surface area contributed by atoms with Crippen LogP contribution in [0.15, 0.2) is 12.5 Å². The lowest BCUT2D eigenvalue weighted by molar-refractivity contribution is -0.146. The third-order valence-corrected chi connectivity index (χ3v) is 2.57. The summed E-state index contributed by atoms with van der Waals surface area (Å²) in [4.78, 5) is 15.1. The molecule has 0 spiro atoms. The molecule has 0 saturated heterocycles. The first-order chi connectivity index (χ1) is 7.94. The van der Waals surface area contributed by atoms with E-state index < -0.39 is 11.5 Å². The Hall–Kier alpha value is -2.25. The van der Waals surface area contributed by atoms with E-state index in [0.29, 0.717) is 11.5 Å². The maximum absolute atomic E-state index is 11.2. The fourth-order valence-corrected chi connectivity index (χ4v) is 1.39. The first-order valence-electron chi connectivity index (χ1n) is 4.93. The molecule has 0 amide bonds. The van der Waals surface area contributed by atoms with Crippen LogP contribution in [0.4, 0.5) is 0 Å². The van der Waals surface area contributed by atoms with Crippen LogP contribution in [0.2, 0.25) is 0 Å². The molecule has 2 rings (SSSR count). The van der Waals surface area contributed by atoms with Crippen LogP contribution >= 0.6 is 0 Å². The van der Waals surface area contributed by atoms with Gasteiger partial charge >= 0.3 is 5.97 Å². The number of aliphatic carboxylic acids is 1. The average molecular weight is 236 g/mol. The van der Waals surface area contributed by atoms with Crippen molar-refractivity contribution in [1.82, 2.24) is 29.8 Å². The minimum absolute atomic E-state index is 0.373. The van der Waals surface area contributed by atoms with E-state index in [1.807, 2.05) is 0 Å². The van der Waals surface area contributed by atoms with Gasteiger partial charge < -0.3 is 9.67 Å². The Labute approximate surface area is 96.9 Å². The highest BCUT2D eigenvalue weighted by Gasteiger charge is 2.34. The monoisotopic (exact) mass is 236 g/mol. The summed E-state index contributed by atoms with van der Waals surface area (Å²) in [5.41, 5.74) is -0.562. The van der Waals surface area contributed by atoms with Crippen LogP contribution in [0.1, 0.15) is 13.8 Å². The lowest BCUT2D eigenvalue weighted by Gasteiger charge is -2.20. The minimum atomic E-state index is -1.22. The summed E-state index contributed by atoms with van der Waals surface area (Å²) in [6.07, 6.45) is 3.18. The molecule has 90 valence electrons. The molecular formula is C9H12N6O2. The number of carboxylic acid groups (broad SMARTS) is 1. The van der Waals surface area contributed by atoms with Crippen LogP contribution in [0.3, 0.4) is 0 Å². The molecule has 0 radical (unpaired) electrons. The van der Waals surface area contributed by atoms with E-state index in [2.05, 4.69) is 20.5 Å². The molecule has 2 aromatic heterocycles. The summed E-state index contributed by atoms with van der Waals surface area (Å²) >= 11 is 0. The molecular weight excluding hydrogens is 224 g/mol. The molecule has 0 unspecified atom stereocenters. The quantitative estimate of drug-likeness (QED) is 0.798. The highest BCUT2D eigenvalue weighted by molar-refractivity contribution is 5.76. The van der Waals surface area contributed by atoms with Crippen molar-refractivity contribution in [3.05, 3.63) is 12.5 Å². The Morgan fingerprint density at radius 2 is 2.18 bits per heavy atom. The number of rotatable bonds is 3. The SMILES string of the molecule is Cn1cncc1-c1nnnn1C(C)(C)C(=O)O. The van der Waals surface area contributed by atoms with Crippen LogP contribution in [-0.2, 0) is 17.4 Å². The van der Waals surface area contributed by atoms with Gasteiger partial charge in [-0.15, -0.1) is 5.10 Å². The number of aromatic nitrogens is 6. The van der Waals surface area contributed by atoms with Crippen molar-refractivity contribution in [3.63, 3.8) is 0 Å². The largest absolute Gasteiger partial charge is 0.479 e. The van der Waals surface area contributed by atoms with Crippen molar-refractivity contribution < 1.29 is 9.90 Å². The smallest absolute Gasteiger partial charge is 0.331 e. The van der Waals surface area contributed by atoms with Gasteiger partial charge in [0.05, 0.1) is 12.5 Å². The van der Waals surface area contributed by atoms with Gasteiger partial charge in [-0.05, 0) is 24.3 Å². The Kier molecular flexibility index (Phi) is 2.41. The molecule has 2 heterocycles. The van der Waals surface area contributed by atoms with E-state index in [9.17, 15) is 4.79 Å². The number of tetrazole rings is 1. The van der Waals surface area contributed by atoms with Crippen molar-refractivity contribution in [2.45, 2.75) is 19.4 Å². The molecule has 2 aromatic rings. The van der Waals surface area contributed by atoms with E-state index in [-0.39, 0.29) is 0 Å². The normalized spacial score (nSPS) is 11.7. The van der Waals surface area contributed by atoms with Gasteiger partial charge in [-0.25, -0.2) is 14.5 Å². The van der Waals surface area contributed by atoms with Crippen LogP contribution < -0.4 is 0 Å². The number of hydrogen-bond donors (Lipinski definition) is 1. The molecule has 0 aromatic carbocycles. The van der Waals surface area contributed by atoms with Crippen LogP contribution in [0.25, 0.3) is 11.5 Å². The summed E-state index contributed by atoms with van der Waals surface area (Å²) in [6, 6.07) is 0. The molecule has 17 heavy (non-hydrogen) atoms. The van der Waals surface area contributed by atoms with Gasteiger partial charge in [-0.2, -0.15) is 0 Å². The number of carboxylic acids is 1. The van der Waals surface area contributed by atoms with Gasteiger partial charge in [-0.3, -0.25) is 0 Å². The summed E-state index contributed by atoms with van der Waals surface area (Å²) in [7, 11) is 1.79. The van der Waals surface area contributed by atoms with Crippen LogP contribution in [0, 0.1) is 0 Å². The van der Waals surface area contributed by atoms with E-state index >= 15 is 0 Å². The summed E-state index contributed by atoms with van der Waals surface area (Å²) in [5, 5.41) is 20.3. The van der Waals surface area contributed by atoms with Crippen molar-refractivity contribution in [2.75, 3.05) is 0 Å². The number of nitrogens with zero attached hydrogens (tertiary/aromatic N) is 6. The van der Waals surface area contributed by atoms with Gasteiger partial charge in [-0.1, -0.05) is 0 Å². The Morgan fingerprint density at radius 1 is 1.47 bits per heavy atom. The number of aryl methyl sites for hydroxylation is 1. The Bertz CT molecular complexity index is 555. The third-order valence-electron chi connectivity index (χ3n) is 2.57. The van der Waals surface area contributed by atoms with E-state index in [1.54, 1.807) is 24.1 Å². The van der Waals surface area contributed by atoms with E-state index in [0.717, 1.165) is 0 Å². The first kappa shape index (κ1) is 11.2. The standard InChI is InChI=1S/C9H12N6O2/c1-9(2,8(16)17)15-7(11-12-13-15)6-4-10-5-14(6)3/h4-5H,1-3H3,(H,16,17). The van der Waals surface area contributed by atoms with E-state index in [1.165, 1.54) is 18.5 Å². The van der Waals surface area contributed by atoms with Gasteiger partial charge in [0.15, 0.2) is 5.54 Å². The number of hydrogen-bond acceptors (Lipinski definition) is 5. The number of imidazole rings is 1. The van der Waals surface area contributed by atoms with Gasteiger partial charge in [0.25, 0.3) is 0 Å². The second-order valence-corrected chi connectivity index (χ2v) is 4.17. The molecule has 0 saturated carbocycles. The number of carbonyl (C=O) groups is 1. The summed E-state index contributed by atoms with van der Waals surface area (Å²) in [6.45, 7) is 3.07. The predicted molar refractivity (Wildman–Crippen MR) is 57.0 cm³/mol. The molecule has 0 aliphatic carbocycles. The fraction of sp³-hybridized carbons (Fsp3) is 0.444. The second-order valence-electron chi connectivity index (χ2n) is 4.17. The first-order valence-corrected chi connectivity index (χ1v) is 4.93. The highest BCUT2D eigenvalue weighted by Crippen LogP contribution is 2.22. The maximum atomic E-state index is 11.2. The van der Waals surface area contributed by atoms with Crippen molar-refractivity contribution >= 4 is 5.97 Å². The molecule has 0 atom stereocenters. The Morgan fingerprint density at radius 3 is 2.71 bits per heavy atom. The third kappa shape index (κ3) is 1.67. The molecule has 0 aliphatic heterocycles. The van der Waals surface area contributed by atoms with Crippen LogP contribution in [0.5, 0.6) is 0 Å². The zero-order valence-electron chi connectivity index (χ0n) is 9.69. The zero-order valence-corrected chi connectivity index (χ0v) is 9.69. The van der Waals surface area contributed by atoms with Crippen LogP contribution in [-0.4, -0.2) is 40.8 Å². The molecule has 0 aliphatic rings. The topological polar surface area (TPSA) is 98.7 Å². The fourth-order valence-electron chi connectivity index (χ4n) is 1.39. The zero-order chi connectivity index (χ0) is 12.6. The lowest BCUT2D eigenvalue weighted by atomic mass is 10.1. The summed E-state index contributed by atoms with van der Waals surface area (Å²) < 4.78 is 2.99. The second kappa shape index (κ2) is 3.65. The molecule has 8 heteroatoms. The van der Waals surface area contributed by atoms with Gasteiger partial charge in [0.2, 0.25) is 5.82 Å². The minimum Gasteiger partial charge on any atom is -0.479 e. The van der Waals surface area contributed by atoms with Gasteiger partial charge in [0.1, 0.15) is 5.69 Å². The predicted octanol–water partition coefficient (Wildman–Crippen LogP) is -0.107. The molecule has 0 fully saturated rings. The van der Waals surface area contributed by atoms with E-state index in [4.69, 9.17) is 5.11 Å². The summed E-state index contributed by atoms with van der Waals surface area (Å²) in [5.74, 6) is -0.634. The van der Waals surface area contributed by atoms with Crippen molar-refractivity contribution in [2.24, 2.45) is 7.05 Å². The molecule has 8 nitrogen and oxygen atoms in total. The van der Waals surface area contributed by atoms with Crippen molar-refractivity contribution in [3.8, 4) is 11.5 Å².